The van der Waals surface area contributed by atoms with Crippen LogP contribution >= 0.6 is 0 Å². The molecule has 4 aromatic rings. The highest BCUT2D eigenvalue weighted by atomic mass is 16.6. The number of imidazole rings is 1. The molecule has 2 amide bonds. The first-order chi connectivity index (χ1) is 16.2. The van der Waals surface area contributed by atoms with Gasteiger partial charge in [-0.1, -0.05) is 12.1 Å². The van der Waals surface area contributed by atoms with Crippen LogP contribution in [0.25, 0.3) is 11.3 Å². The zero-order chi connectivity index (χ0) is 24.3. The Bertz CT molecular complexity index is 1400. The first-order valence-corrected chi connectivity index (χ1v) is 10.9. The molecule has 0 aromatic carbocycles. The third-order valence-electron chi connectivity index (χ3n) is 4.96. The molecule has 0 atom stereocenters. The van der Waals surface area contributed by atoms with Gasteiger partial charge in [-0.15, -0.1) is 0 Å². The first-order valence-electron chi connectivity index (χ1n) is 10.9. The Morgan fingerprint density at radius 3 is 2.74 bits per heavy atom. The molecule has 176 valence electrons. The highest BCUT2D eigenvalue weighted by Gasteiger charge is 2.16. The molecule has 4 heterocycles. The predicted octanol–water partition coefficient (Wildman–Crippen LogP) is 2.57. The summed E-state index contributed by atoms with van der Waals surface area (Å²) in [5, 5.41) is 2.74. The molecule has 0 saturated carbocycles. The molecule has 10 heteroatoms. The number of fused-ring (bicyclic) bond motifs is 2. The third-order valence-corrected chi connectivity index (χ3v) is 4.96. The lowest BCUT2D eigenvalue weighted by Crippen LogP contribution is -2.33. The highest BCUT2D eigenvalue weighted by molar-refractivity contribution is 5.73. The summed E-state index contributed by atoms with van der Waals surface area (Å²) >= 11 is 0. The smallest absolute Gasteiger partial charge is 0.407 e. The number of nitrogens with zero attached hydrogens (tertiary/aromatic N) is 5. The molecule has 0 aliphatic carbocycles. The zero-order valence-corrected chi connectivity index (χ0v) is 19.3. The van der Waals surface area contributed by atoms with E-state index >= 15 is 0 Å². The number of pyridine rings is 2. The van der Waals surface area contributed by atoms with E-state index in [9.17, 15) is 14.4 Å². The fraction of sp³-hybridized carbons (Fsp3) is 0.292. The summed E-state index contributed by atoms with van der Waals surface area (Å²) in [6.45, 7) is 6.05. The number of rotatable bonds is 7. The molecule has 0 bridgehead atoms. The van der Waals surface area contributed by atoms with E-state index in [0.29, 0.717) is 30.7 Å². The fourth-order valence-electron chi connectivity index (χ4n) is 3.47. The van der Waals surface area contributed by atoms with Crippen molar-refractivity contribution in [3.8, 4) is 0 Å². The maximum atomic E-state index is 12.4. The average Bonchev–Trinajstić information content (AvgIpc) is 3.18. The van der Waals surface area contributed by atoms with E-state index in [1.165, 1.54) is 15.4 Å². The second-order valence-electron chi connectivity index (χ2n) is 8.83. The number of nitrogens with one attached hydrogen (secondary N) is 1. The quantitative estimate of drug-likeness (QED) is 0.423. The van der Waals surface area contributed by atoms with Gasteiger partial charge in [0.25, 0.3) is 5.56 Å². The van der Waals surface area contributed by atoms with Crippen molar-refractivity contribution in [3.05, 3.63) is 76.6 Å². The molecule has 0 aliphatic rings. The summed E-state index contributed by atoms with van der Waals surface area (Å²) in [7, 11) is 0. The topological polar surface area (TPSA) is 110 Å². The third kappa shape index (κ3) is 5.40. The van der Waals surface area contributed by atoms with Crippen LogP contribution in [0.15, 0.2) is 59.8 Å². The number of carbonyl (C=O) groups excluding carboxylic acids is 2. The van der Waals surface area contributed by atoms with Crippen LogP contribution in [0.3, 0.4) is 0 Å². The lowest BCUT2D eigenvalue weighted by molar-refractivity contribution is -0.107. The maximum absolute atomic E-state index is 12.4. The van der Waals surface area contributed by atoms with Gasteiger partial charge in [0.1, 0.15) is 22.7 Å². The van der Waals surface area contributed by atoms with Crippen molar-refractivity contribution in [2.45, 2.75) is 39.3 Å². The summed E-state index contributed by atoms with van der Waals surface area (Å²) in [5.41, 5.74) is 2.01. The molecule has 0 fully saturated rings. The Kier molecular flexibility index (Phi) is 6.31. The van der Waals surface area contributed by atoms with Crippen LogP contribution in [0.1, 0.15) is 32.0 Å². The van der Waals surface area contributed by atoms with Crippen LogP contribution < -0.4 is 15.8 Å². The number of anilines is 1. The summed E-state index contributed by atoms with van der Waals surface area (Å²) in [4.78, 5) is 46.3. The molecule has 0 aliphatic heterocycles. The van der Waals surface area contributed by atoms with Gasteiger partial charge in [0.05, 0.1) is 12.2 Å². The van der Waals surface area contributed by atoms with Crippen LogP contribution in [-0.4, -0.2) is 43.4 Å². The Hall–Kier alpha value is -4.21. The predicted molar refractivity (Wildman–Crippen MR) is 127 cm³/mol. The molecule has 4 aromatic heterocycles. The van der Waals surface area contributed by atoms with Crippen molar-refractivity contribution in [2.75, 3.05) is 11.4 Å². The van der Waals surface area contributed by atoms with Gasteiger partial charge in [0.2, 0.25) is 6.41 Å². The molecular formula is C24H26N6O4. The molecule has 10 nitrogen and oxygen atoms in total. The second-order valence-corrected chi connectivity index (χ2v) is 8.83. The molecule has 0 saturated heterocycles. The normalized spacial score (nSPS) is 11.5. The van der Waals surface area contributed by atoms with Crippen molar-refractivity contribution in [1.29, 1.82) is 0 Å². The second kappa shape index (κ2) is 9.34. The van der Waals surface area contributed by atoms with Gasteiger partial charge >= 0.3 is 6.09 Å². The summed E-state index contributed by atoms with van der Waals surface area (Å²) in [6, 6.07) is 10.4. The molecular weight excluding hydrogens is 436 g/mol. The number of carbonyl (C=O) groups is 2. The van der Waals surface area contributed by atoms with Gasteiger partial charge in [0.15, 0.2) is 0 Å². The lowest BCUT2D eigenvalue weighted by atomic mass is 10.2. The van der Waals surface area contributed by atoms with E-state index in [2.05, 4.69) is 15.3 Å². The monoisotopic (exact) mass is 462 g/mol. The lowest BCUT2D eigenvalue weighted by Gasteiger charge is -2.19. The maximum Gasteiger partial charge on any atom is 0.407 e. The Morgan fingerprint density at radius 1 is 1.15 bits per heavy atom. The number of amides is 2. The van der Waals surface area contributed by atoms with E-state index in [0.717, 1.165) is 11.2 Å². The van der Waals surface area contributed by atoms with E-state index in [-0.39, 0.29) is 17.9 Å². The van der Waals surface area contributed by atoms with Crippen LogP contribution in [0.4, 0.5) is 10.6 Å². The zero-order valence-electron chi connectivity index (χ0n) is 19.3. The number of aromatic nitrogens is 4. The van der Waals surface area contributed by atoms with Crippen LogP contribution in [0, 0.1) is 0 Å². The summed E-state index contributed by atoms with van der Waals surface area (Å²) < 4.78 is 8.52. The highest BCUT2D eigenvalue weighted by Crippen LogP contribution is 2.14. The first kappa shape index (κ1) is 23.0. The van der Waals surface area contributed by atoms with Crippen molar-refractivity contribution in [2.24, 2.45) is 0 Å². The van der Waals surface area contributed by atoms with E-state index < -0.39 is 11.7 Å². The molecule has 0 spiro atoms. The largest absolute Gasteiger partial charge is 0.444 e. The minimum atomic E-state index is -0.540. The Balaban J connectivity index is 1.46. The van der Waals surface area contributed by atoms with Gasteiger partial charge in [-0.2, -0.15) is 0 Å². The number of hydrogen-bond acceptors (Lipinski definition) is 6. The molecule has 1 N–H and O–H groups in total. The Labute approximate surface area is 195 Å². The van der Waals surface area contributed by atoms with Crippen LogP contribution in [0.2, 0.25) is 0 Å². The molecule has 4 rings (SSSR count). The van der Waals surface area contributed by atoms with Crippen LogP contribution in [-0.2, 0) is 22.5 Å². The summed E-state index contributed by atoms with van der Waals surface area (Å²) in [6.07, 6.45) is 6.18. The molecule has 34 heavy (non-hydrogen) atoms. The minimum Gasteiger partial charge on any atom is -0.444 e. The van der Waals surface area contributed by atoms with Crippen molar-refractivity contribution in [1.82, 2.24) is 24.1 Å². The average molecular weight is 463 g/mol. The molecule has 0 unspecified atom stereocenters. The Morgan fingerprint density at radius 2 is 1.97 bits per heavy atom. The summed E-state index contributed by atoms with van der Waals surface area (Å²) in [5.74, 6) is 0.261. The van der Waals surface area contributed by atoms with Crippen LogP contribution in [0.5, 0.6) is 0 Å². The van der Waals surface area contributed by atoms with Crippen molar-refractivity contribution >= 4 is 29.6 Å². The van der Waals surface area contributed by atoms with Crippen molar-refractivity contribution in [3.63, 3.8) is 0 Å². The van der Waals surface area contributed by atoms with Gasteiger partial charge in [-0.3, -0.25) is 18.9 Å². The number of hydrogen-bond donors (Lipinski definition) is 1. The van der Waals surface area contributed by atoms with E-state index in [1.807, 2.05) is 49.7 Å². The number of alkyl carbamates (subject to hydrolysis) is 1. The fourth-order valence-corrected chi connectivity index (χ4v) is 3.47. The van der Waals surface area contributed by atoms with Gasteiger partial charge in [0, 0.05) is 31.2 Å². The number of ether oxygens (including phenoxy) is 1. The molecule has 0 radical (unpaired) electrons. The van der Waals surface area contributed by atoms with E-state index in [1.54, 1.807) is 24.4 Å². The SMILES string of the molecule is CC(C)(C)OC(=O)NCCc1ccc2nc(CN(C=O)c3cc(=O)n4ccccc4n3)cn2c1. The minimum absolute atomic E-state index is 0.163. The standard InChI is InChI=1S/C24H26N6O4/c1-24(2,3)34-23(33)25-10-9-17-7-8-19-26-18(14-28(19)13-17)15-29(16-31)21-12-22(32)30-11-5-4-6-20(30)27-21/h4-8,11-14,16H,9-10,15H2,1-3H3,(H,25,33). The van der Waals surface area contributed by atoms with Gasteiger partial charge < -0.3 is 14.5 Å². The van der Waals surface area contributed by atoms with E-state index in [4.69, 9.17) is 4.74 Å². The van der Waals surface area contributed by atoms with Gasteiger partial charge in [-0.25, -0.2) is 14.8 Å². The van der Waals surface area contributed by atoms with Crippen molar-refractivity contribution < 1.29 is 14.3 Å². The van der Waals surface area contributed by atoms with Gasteiger partial charge in [-0.05, 0) is 51.0 Å².